The van der Waals surface area contributed by atoms with Gasteiger partial charge in [-0.1, -0.05) is 18.2 Å². The van der Waals surface area contributed by atoms with Gasteiger partial charge >= 0.3 is 0 Å². The fourth-order valence-electron chi connectivity index (χ4n) is 2.69. The van der Waals surface area contributed by atoms with Gasteiger partial charge in [0.15, 0.2) is 0 Å². The second kappa shape index (κ2) is 5.67. The van der Waals surface area contributed by atoms with Crippen LogP contribution in [0.5, 0.6) is 0 Å². The summed E-state index contributed by atoms with van der Waals surface area (Å²) >= 11 is 0. The fraction of sp³-hybridized carbons (Fsp3) is 0.333. The summed E-state index contributed by atoms with van der Waals surface area (Å²) in [5.74, 6) is 0.183. The Kier molecular flexibility index (Phi) is 3.72. The number of rotatable bonds is 4. The van der Waals surface area contributed by atoms with Crippen LogP contribution in [0.4, 0.5) is 5.82 Å². The molecule has 110 valence electrons. The molecule has 0 bridgehead atoms. The maximum absolute atomic E-state index is 11.7. The Hall–Kier alpha value is -2.18. The van der Waals surface area contributed by atoms with Crippen LogP contribution in [0.15, 0.2) is 30.3 Å². The molecule has 3 rings (SSSR count). The number of ether oxygens (including phenoxy) is 1. The summed E-state index contributed by atoms with van der Waals surface area (Å²) in [5.41, 5.74) is 6.70. The maximum atomic E-state index is 11.7. The number of nitrogens with one attached hydrogen (secondary N) is 2. The zero-order valence-electron chi connectivity index (χ0n) is 11.8. The minimum atomic E-state index is -0.454. The Morgan fingerprint density at radius 1 is 1.43 bits per heavy atom. The molecule has 1 amide bonds. The molecule has 2 atom stereocenters. The molecule has 4 N–H and O–H groups in total. The molecule has 1 aromatic carbocycles. The number of amides is 1. The Morgan fingerprint density at radius 2 is 2.24 bits per heavy atom. The molecule has 1 unspecified atom stereocenters. The zero-order valence-corrected chi connectivity index (χ0v) is 11.8. The van der Waals surface area contributed by atoms with Crippen LogP contribution in [0, 0.1) is 0 Å². The first kappa shape index (κ1) is 13.8. The number of carbonyl (C=O) groups excluding carboxylic acids is 1. The fourth-order valence-corrected chi connectivity index (χ4v) is 2.69. The first-order valence-electron chi connectivity index (χ1n) is 6.88. The van der Waals surface area contributed by atoms with Crippen LogP contribution in [0.2, 0.25) is 0 Å². The number of hydrogen-bond acceptors (Lipinski definition) is 5. The summed E-state index contributed by atoms with van der Waals surface area (Å²) in [6, 6.07) is 9.29. The first-order valence-corrected chi connectivity index (χ1v) is 6.88. The number of fused-ring (bicyclic) bond motifs is 1. The predicted octanol–water partition coefficient (Wildman–Crippen LogP) is 0.732. The van der Waals surface area contributed by atoms with Crippen LogP contribution in [-0.4, -0.2) is 43.2 Å². The minimum Gasteiger partial charge on any atom is -0.378 e. The van der Waals surface area contributed by atoms with Gasteiger partial charge < -0.3 is 21.1 Å². The third-order valence-electron chi connectivity index (χ3n) is 3.78. The highest BCUT2D eigenvalue weighted by molar-refractivity contribution is 6.06. The van der Waals surface area contributed by atoms with Crippen LogP contribution in [-0.2, 0) is 4.74 Å². The van der Waals surface area contributed by atoms with Crippen molar-refractivity contribution in [2.75, 3.05) is 25.5 Å². The van der Waals surface area contributed by atoms with E-state index in [-0.39, 0.29) is 12.1 Å². The summed E-state index contributed by atoms with van der Waals surface area (Å²) in [6.45, 7) is 1.59. The quantitative estimate of drug-likeness (QED) is 0.771. The first-order chi connectivity index (χ1) is 10.2. The lowest BCUT2D eigenvalue weighted by atomic mass is 10.1. The molecular formula is C15H18N4O2. The number of carbonyl (C=O) groups is 1. The van der Waals surface area contributed by atoms with Gasteiger partial charge in [0.05, 0.1) is 23.2 Å². The number of nitrogens with two attached hydrogens (primary N) is 1. The summed E-state index contributed by atoms with van der Waals surface area (Å²) in [4.78, 5) is 16.2. The molecule has 1 aliphatic rings. The summed E-state index contributed by atoms with van der Waals surface area (Å²) < 4.78 is 5.42. The van der Waals surface area contributed by atoms with Gasteiger partial charge in [0.1, 0.15) is 5.82 Å². The Bertz CT molecular complexity index is 674. The van der Waals surface area contributed by atoms with E-state index in [4.69, 9.17) is 10.5 Å². The Morgan fingerprint density at radius 3 is 3.00 bits per heavy atom. The number of aromatic nitrogens is 1. The molecular weight excluding hydrogens is 268 g/mol. The second-order valence-corrected chi connectivity index (χ2v) is 5.12. The number of benzene rings is 1. The van der Waals surface area contributed by atoms with Crippen LogP contribution >= 0.6 is 0 Å². The molecule has 2 heterocycles. The van der Waals surface area contributed by atoms with Crippen LogP contribution < -0.4 is 16.4 Å². The van der Waals surface area contributed by atoms with Gasteiger partial charge in [0, 0.05) is 25.6 Å². The van der Waals surface area contributed by atoms with Crippen LogP contribution in [0.25, 0.3) is 10.9 Å². The number of anilines is 1. The lowest BCUT2D eigenvalue weighted by Gasteiger charge is -2.19. The number of nitrogens with zero attached hydrogens (tertiary/aromatic N) is 1. The number of hydrogen-bond donors (Lipinski definition) is 3. The number of pyridine rings is 1. The average molecular weight is 286 g/mol. The average Bonchev–Trinajstić information content (AvgIpc) is 2.93. The predicted molar refractivity (Wildman–Crippen MR) is 81.3 cm³/mol. The largest absolute Gasteiger partial charge is 0.378 e. The Balaban J connectivity index is 1.97. The van der Waals surface area contributed by atoms with Crippen molar-refractivity contribution in [1.29, 1.82) is 0 Å². The zero-order chi connectivity index (χ0) is 14.8. The summed E-state index contributed by atoms with van der Waals surface area (Å²) in [6.07, 6.45) is 0.0790. The van der Waals surface area contributed by atoms with Crippen molar-refractivity contribution < 1.29 is 9.53 Å². The van der Waals surface area contributed by atoms with Crippen molar-refractivity contribution in [3.63, 3.8) is 0 Å². The van der Waals surface area contributed by atoms with E-state index in [2.05, 4.69) is 15.6 Å². The van der Waals surface area contributed by atoms with Gasteiger partial charge in [-0.25, -0.2) is 4.98 Å². The van der Waals surface area contributed by atoms with E-state index in [9.17, 15) is 4.79 Å². The van der Waals surface area contributed by atoms with Gasteiger partial charge in [0.25, 0.3) is 0 Å². The molecule has 0 saturated carbocycles. The number of methoxy groups -OCH3 is 1. The van der Waals surface area contributed by atoms with E-state index < -0.39 is 5.91 Å². The van der Waals surface area contributed by atoms with Gasteiger partial charge in [-0.05, 0) is 12.1 Å². The van der Waals surface area contributed by atoms with Crippen molar-refractivity contribution in [3.8, 4) is 0 Å². The van der Waals surface area contributed by atoms with Crippen molar-refractivity contribution >= 4 is 22.6 Å². The van der Waals surface area contributed by atoms with E-state index >= 15 is 0 Å². The highest BCUT2D eigenvalue weighted by atomic mass is 16.5. The summed E-state index contributed by atoms with van der Waals surface area (Å²) in [7, 11) is 1.69. The molecule has 1 saturated heterocycles. The number of para-hydroxylation sites is 1. The maximum Gasteiger partial charge on any atom is 0.249 e. The molecule has 1 aliphatic heterocycles. The Labute approximate surface area is 122 Å². The lowest BCUT2D eigenvalue weighted by molar-refractivity contribution is 0.100. The van der Waals surface area contributed by atoms with Gasteiger partial charge in [-0.15, -0.1) is 0 Å². The highest BCUT2D eigenvalue weighted by Gasteiger charge is 2.27. The van der Waals surface area contributed by atoms with Crippen molar-refractivity contribution in [2.24, 2.45) is 5.73 Å². The molecule has 6 heteroatoms. The van der Waals surface area contributed by atoms with E-state index in [0.29, 0.717) is 11.4 Å². The molecule has 6 nitrogen and oxygen atoms in total. The third kappa shape index (κ3) is 2.68. The topological polar surface area (TPSA) is 89.3 Å². The number of primary amides is 1. The monoisotopic (exact) mass is 286 g/mol. The van der Waals surface area contributed by atoms with E-state index in [1.54, 1.807) is 13.2 Å². The van der Waals surface area contributed by atoms with Crippen molar-refractivity contribution in [3.05, 3.63) is 35.9 Å². The molecule has 0 spiro atoms. The minimum absolute atomic E-state index is 0.0790. The van der Waals surface area contributed by atoms with Gasteiger partial charge in [-0.3, -0.25) is 4.79 Å². The van der Waals surface area contributed by atoms with Gasteiger partial charge in [-0.2, -0.15) is 0 Å². The smallest absolute Gasteiger partial charge is 0.249 e. The molecule has 2 aromatic rings. The molecule has 1 aromatic heterocycles. The summed E-state index contributed by atoms with van der Waals surface area (Å²) in [5, 5.41) is 7.35. The lowest BCUT2D eigenvalue weighted by Crippen LogP contribution is -2.34. The highest BCUT2D eigenvalue weighted by Crippen LogP contribution is 2.21. The molecule has 0 radical (unpaired) electrons. The SMILES string of the molecule is CO[C@H]1CNCC1Nc1cc(C(N)=O)c2ccccc2n1. The standard InChI is InChI=1S/C15H18N4O2/c1-21-13-8-17-7-12(13)19-14-6-10(15(16)20)9-4-2-3-5-11(9)18-14/h2-6,12-13,17H,7-8H2,1H3,(H2,16,20)(H,18,19)/t12?,13-/m0/s1. The van der Waals surface area contributed by atoms with Gasteiger partial charge in [0.2, 0.25) is 5.91 Å². The molecule has 21 heavy (non-hydrogen) atoms. The third-order valence-corrected chi connectivity index (χ3v) is 3.78. The second-order valence-electron chi connectivity index (χ2n) is 5.12. The van der Waals surface area contributed by atoms with Crippen LogP contribution in [0.1, 0.15) is 10.4 Å². The van der Waals surface area contributed by atoms with E-state index in [1.807, 2.05) is 24.3 Å². The molecule has 0 aliphatic carbocycles. The van der Waals surface area contributed by atoms with E-state index in [1.165, 1.54) is 0 Å². The normalized spacial score (nSPS) is 21.6. The van der Waals surface area contributed by atoms with Crippen molar-refractivity contribution in [1.82, 2.24) is 10.3 Å². The van der Waals surface area contributed by atoms with Crippen LogP contribution in [0.3, 0.4) is 0 Å². The van der Waals surface area contributed by atoms with Crippen molar-refractivity contribution in [2.45, 2.75) is 12.1 Å². The molecule has 1 fully saturated rings. The van der Waals surface area contributed by atoms with E-state index in [0.717, 1.165) is 24.0 Å².